The average Bonchev–Trinajstić information content (AvgIpc) is 3.28. The number of aromatic nitrogens is 5. The lowest BCUT2D eigenvalue weighted by Gasteiger charge is -2.06. The number of tetrazole rings is 1. The van der Waals surface area contributed by atoms with E-state index in [1.165, 1.54) is 30.2 Å². The number of esters is 1. The Morgan fingerprint density at radius 3 is 2.71 bits per heavy atom. The second kappa shape index (κ2) is 8.93. The summed E-state index contributed by atoms with van der Waals surface area (Å²) >= 11 is 2.48. The highest BCUT2D eigenvalue weighted by Crippen LogP contribution is 2.21. The van der Waals surface area contributed by atoms with Gasteiger partial charge in [-0.3, -0.25) is 9.59 Å². The molecule has 1 amide bonds. The zero-order valence-corrected chi connectivity index (χ0v) is 17.1. The second-order valence-corrected chi connectivity index (χ2v) is 7.75. The predicted molar refractivity (Wildman–Crippen MR) is 106 cm³/mol. The number of anilines is 1. The van der Waals surface area contributed by atoms with Crippen molar-refractivity contribution < 1.29 is 14.3 Å². The first kappa shape index (κ1) is 20.0. The van der Waals surface area contributed by atoms with Gasteiger partial charge in [-0.05, 0) is 47.5 Å². The standard InChI is InChI=1S/C17H18N6O3S2/c1-10-4-11(2)6-13(5-10)23-17(20-21-22-23)28-9-14(24)19-16-18-12(8-27-16)7-15(25)26-3/h4-6,8H,7,9H2,1-3H3,(H,18,19,24). The number of hydrogen-bond donors (Lipinski definition) is 1. The highest BCUT2D eigenvalue weighted by atomic mass is 32.2. The van der Waals surface area contributed by atoms with Crippen molar-refractivity contribution in [1.29, 1.82) is 0 Å². The van der Waals surface area contributed by atoms with Crippen LogP contribution in [0.1, 0.15) is 16.8 Å². The van der Waals surface area contributed by atoms with Crippen molar-refractivity contribution in [2.24, 2.45) is 0 Å². The lowest BCUT2D eigenvalue weighted by Crippen LogP contribution is -2.14. The molecule has 146 valence electrons. The number of carbonyl (C=O) groups is 2. The van der Waals surface area contributed by atoms with E-state index in [1.807, 2.05) is 26.0 Å². The first-order valence-corrected chi connectivity index (χ1v) is 10.1. The summed E-state index contributed by atoms with van der Waals surface area (Å²) in [6.07, 6.45) is 0.0717. The summed E-state index contributed by atoms with van der Waals surface area (Å²) in [6.45, 7) is 4.01. The minimum Gasteiger partial charge on any atom is -0.469 e. The number of methoxy groups -OCH3 is 1. The van der Waals surface area contributed by atoms with Crippen LogP contribution in [0.15, 0.2) is 28.7 Å². The quantitative estimate of drug-likeness (QED) is 0.459. The molecule has 0 bridgehead atoms. The fourth-order valence-electron chi connectivity index (χ4n) is 2.45. The van der Waals surface area contributed by atoms with Crippen LogP contribution >= 0.6 is 23.1 Å². The van der Waals surface area contributed by atoms with Crippen LogP contribution in [0.25, 0.3) is 5.69 Å². The Kier molecular flexibility index (Phi) is 6.37. The van der Waals surface area contributed by atoms with Crippen molar-refractivity contribution in [2.45, 2.75) is 25.4 Å². The van der Waals surface area contributed by atoms with E-state index in [1.54, 1.807) is 10.1 Å². The summed E-state index contributed by atoms with van der Waals surface area (Å²) in [7, 11) is 1.32. The minimum absolute atomic E-state index is 0.0717. The molecule has 28 heavy (non-hydrogen) atoms. The number of carbonyl (C=O) groups excluding carboxylic acids is 2. The van der Waals surface area contributed by atoms with Gasteiger partial charge in [0.1, 0.15) is 0 Å². The van der Waals surface area contributed by atoms with E-state index in [2.05, 4.69) is 36.6 Å². The number of hydrogen-bond acceptors (Lipinski definition) is 9. The summed E-state index contributed by atoms with van der Waals surface area (Å²) < 4.78 is 6.21. The van der Waals surface area contributed by atoms with E-state index in [0.717, 1.165) is 16.8 Å². The van der Waals surface area contributed by atoms with Crippen LogP contribution < -0.4 is 5.32 Å². The maximum atomic E-state index is 12.2. The van der Waals surface area contributed by atoms with Crippen LogP contribution in [-0.4, -0.2) is 49.9 Å². The normalized spacial score (nSPS) is 10.7. The van der Waals surface area contributed by atoms with Crippen LogP contribution in [0.2, 0.25) is 0 Å². The van der Waals surface area contributed by atoms with E-state index < -0.39 is 0 Å². The van der Waals surface area contributed by atoms with Gasteiger partial charge in [0.25, 0.3) is 0 Å². The average molecular weight is 419 g/mol. The van der Waals surface area contributed by atoms with Crippen LogP contribution in [0.5, 0.6) is 0 Å². The first-order valence-electron chi connectivity index (χ1n) is 8.25. The Bertz CT molecular complexity index is 980. The molecule has 0 fully saturated rings. The second-order valence-electron chi connectivity index (χ2n) is 5.95. The largest absolute Gasteiger partial charge is 0.469 e. The molecule has 0 unspecified atom stereocenters. The van der Waals surface area contributed by atoms with E-state index in [0.29, 0.717) is 16.0 Å². The van der Waals surface area contributed by atoms with Gasteiger partial charge in [-0.25, -0.2) is 4.98 Å². The highest BCUT2D eigenvalue weighted by molar-refractivity contribution is 7.99. The number of ether oxygens (including phenoxy) is 1. The molecule has 2 heterocycles. The lowest BCUT2D eigenvalue weighted by molar-refractivity contribution is -0.139. The molecule has 3 aromatic rings. The Balaban J connectivity index is 1.60. The summed E-state index contributed by atoms with van der Waals surface area (Å²) in [4.78, 5) is 27.7. The van der Waals surface area contributed by atoms with Gasteiger partial charge in [-0.2, -0.15) is 4.68 Å². The van der Waals surface area contributed by atoms with Gasteiger partial charge in [-0.1, -0.05) is 17.8 Å². The van der Waals surface area contributed by atoms with Crippen LogP contribution in [-0.2, 0) is 20.7 Å². The molecule has 1 aromatic carbocycles. The number of aryl methyl sites for hydroxylation is 2. The third-order valence-corrected chi connectivity index (χ3v) is 5.30. The molecule has 0 saturated heterocycles. The van der Waals surface area contributed by atoms with E-state index in [9.17, 15) is 9.59 Å². The molecule has 0 spiro atoms. The molecule has 9 nitrogen and oxygen atoms in total. The molecule has 0 aliphatic rings. The van der Waals surface area contributed by atoms with E-state index in [-0.39, 0.29) is 24.1 Å². The van der Waals surface area contributed by atoms with Crippen LogP contribution in [0.4, 0.5) is 5.13 Å². The van der Waals surface area contributed by atoms with Crippen LogP contribution in [0, 0.1) is 13.8 Å². The SMILES string of the molecule is COC(=O)Cc1csc(NC(=O)CSc2nnnn2-c2cc(C)cc(C)c2)n1. The third kappa shape index (κ3) is 5.14. The summed E-state index contributed by atoms with van der Waals surface area (Å²) in [5, 5.41) is 17.1. The number of thiazole rings is 1. The smallest absolute Gasteiger partial charge is 0.311 e. The van der Waals surface area contributed by atoms with E-state index in [4.69, 9.17) is 0 Å². The third-order valence-electron chi connectivity index (χ3n) is 3.58. The summed E-state index contributed by atoms with van der Waals surface area (Å²) in [5.74, 6) is -0.493. The number of nitrogens with one attached hydrogen (secondary N) is 1. The molecule has 0 saturated carbocycles. The molecular formula is C17H18N6O3S2. The van der Waals surface area contributed by atoms with Gasteiger partial charge in [0.05, 0.1) is 30.7 Å². The molecule has 1 N–H and O–H groups in total. The number of nitrogens with zero attached hydrogens (tertiary/aromatic N) is 5. The molecule has 0 aliphatic carbocycles. The number of benzene rings is 1. The Hall–Kier alpha value is -2.79. The molecule has 0 aliphatic heterocycles. The molecule has 0 atom stereocenters. The zero-order chi connectivity index (χ0) is 20.1. The van der Waals surface area contributed by atoms with Gasteiger partial charge in [0.15, 0.2) is 5.13 Å². The maximum absolute atomic E-state index is 12.2. The monoisotopic (exact) mass is 418 g/mol. The fraction of sp³-hybridized carbons (Fsp3) is 0.294. The van der Waals surface area contributed by atoms with Gasteiger partial charge >= 0.3 is 5.97 Å². The summed E-state index contributed by atoms with van der Waals surface area (Å²) in [5.41, 5.74) is 3.60. The van der Waals surface area contributed by atoms with Crippen molar-refractivity contribution in [2.75, 3.05) is 18.2 Å². The predicted octanol–water partition coefficient (Wildman–Crippen LogP) is 2.18. The van der Waals surface area contributed by atoms with Crippen molar-refractivity contribution in [3.8, 4) is 5.69 Å². The zero-order valence-electron chi connectivity index (χ0n) is 15.5. The summed E-state index contributed by atoms with van der Waals surface area (Å²) in [6, 6.07) is 6.02. The molecule has 11 heteroatoms. The van der Waals surface area contributed by atoms with Crippen molar-refractivity contribution in [3.63, 3.8) is 0 Å². The van der Waals surface area contributed by atoms with Crippen molar-refractivity contribution >= 4 is 40.1 Å². The van der Waals surface area contributed by atoms with Gasteiger partial charge < -0.3 is 10.1 Å². The lowest BCUT2D eigenvalue weighted by atomic mass is 10.1. The van der Waals surface area contributed by atoms with Gasteiger partial charge in [0, 0.05) is 5.38 Å². The topological polar surface area (TPSA) is 112 Å². The van der Waals surface area contributed by atoms with Gasteiger partial charge in [0.2, 0.25) is 11.1 Å². The fourth-order valence-corrected chi connectivity index (χ4v) is 3.87. The van der Waals surface area contributed by atoms with Crippen molar-refractivity contribution in [1.82, 2.24) is 25.2 Å². The van der Waals surface area contributed by atoms with E-state index >= 15 is 0 Å². The number of amides is 1. The Labute approximate surface area is 169 Å². The maximum Gasteiger partial charge on any atom is 0.311 e. The Morgan fingerprint density at radius 2 is 2.00 bits per heavy atom. The molecule has 3 rings (SSSR count). The highest BCUT2D eigenvalue weighted by Gasteiger charge is 2.14. The Morgan fingerprint density at radius 1 is 1.25 bits per heavy atom. The molecule has 2 aromatic heterocycles. The molecule has 0 radical (unpaired) electrons. The van der Waals surface area contributed by atoms with Crippen molar-refractivity contribution in [3.05, 3.63) is 40.4 Å². The number of rotatable bonds is 7. The minimum atomic E-state index is -0.378. The van der Waals surface area contributed by atoms with Gasteiger partial charge in [-0.15, -0.1) is 16.4 Å². The molecular weight excluding hydrogens is 400 g/mol. The number of thioether (sulfide) groups is 1. The first-order chi connectivity index (χ1) is 13.4. The van der Waals surface area contributed by atoms with Crippen LogP contribution in [0.3, 0.4) is 0 Å².